The van der Waals surface area contributed by atoms with Crippen LogP contribution in [0.15, 0.2) is 29.2 Å². The lowest BCUT2D eigenvalue weighted by molar-refractivity contribution is 0.628. The van der Waals surface area contributed by atoms with Gasteiger partial charge in [-0.25, -0.2) is 13.9 Å². The molecule has 158 valence electrons. The molecule has 0 aliphatic rings. The van der Waals surface area contributed by atoms with E-state index in [-0.39, 0.29) is 51.3 Å². The van der Waals surface area contributed by atoms with E-state index in [0.29, 0.717) is 0 Å². The Morgan fingerprint density at radius 3 is 2.66 bits per heavy atom. The number of fused-ring (bicyclic) bond motifs is 1. The Bertz CT molecular complexity index is 1500. The van der Waals surface area contributed by atoms with Gasteiger partial charge in [0.2, 0.25) is 5.95 Å². The number of nitriles is 2. The molecule has 0 saturated heterocycles. The predicted molar refractivity (Wildman–Crippen MR) is 112 cm³/mol. The van der Waals surface area contributed by atoms with Gasteiger partial charge in [0.15, 0.2) is 5.82 Å². The first-order valence-electron chi connectivity index (χ1n) is 9.09. The Labute approximate surface area is 179 Å². The van der Waals surface area contributed by atoms with Crippen molar-refractivity contribution in [2.24, 2.45) is 0 Å². The fourth-order valence-corrected chi connectivity index (χ4v) is 3.23. The Hall–Kier alpha value is -5.04. The van der Waals surface area contributed by atoms with Gasteiger partial charge in [-0.05, 0) is 19.1 Å². The third-order valence-electron chi connectivity index (χ3n) is 4.62. The van der Waals surface area contributed by atoms with Crippen molar-refractivity contribution < 1.29 is 4.39 Å². The highest BCUT2D eigenvalue weighted by molar-refractivity contribution is 5.84. The number of halogens is 1. The van der Waals surface area contributed by atoms with E-state index >= 15 is 0 Å². The topological polar surface area (TPSA) is 201 Å². The molecule has 3 aromatic heterocycles. The maximum atomic E-state index is 14.0. The van der Waals surface area contributed by atoms with Crippen molar-refractivity contribution in [1.29, 1.82) is 10.5 Å². The molecule has 3 heterocycles. The van der Waals surface area contributed by atoms with Gasteiger partial charge in [0.25, 0.3) is 5.56 Å². The summed E-state index contributed by atoms with van der Waals surface area (Å²) < 4.78 is 15.2. The van der Waals surface area contributed by atoms with Crippen LogP contribution in [0.1, 0.15) is 29.9 Å². The molecule has 32 heavy (non-hydrogen) atoms. The summed E-state index contributed by atoms with van der Waals surface area (Å²) in [6.07, 6.45) is 1.43. The summed E-state index contributed by atoms with van der Waals surface area (Å²) in [4.78, 5) is 25.5. The molecule has 0 aliphatic heterocycles. The minimum atomic E-state index is -0.757. The van der Waals surface area contributed by atoms with Crippen LogP contribution in [0.3, 0.4) is 0 Å². The molecule has 0 amide bonds. The van der Waals surface area contributed by atoms with Gasteiger partial charge in [-0.3, -0.25) is 9.89 Å². The molecular formula is C19H14FN11O. The van der Waals surface area contributed by atoms with Crippen LogP contribution in [0.5, 0.6) is 0 Å². The zero-order chi connectivity index (χ0) is 23.0. The third kappa shape index (κ3) is 3.29. The number of hydrogen-bond acceptors (Lipinski definition) is 10. The Morgan fingerprint density at radius 1 is 1.22 bits per heavy atom. The van der Waals surface area contributed by atoms with Crippen molar-refractivity contribution in [3.05, 3.63) is 57.5 Å². The summed E-state index contributed by atoms with van der Waals surface area (Å²) >= 11 is 0. The molecule has 0 fully saturated rings. The second-order valence-electron chi connectivity index (χ2n) is 6.68. The van der Waals surface area contributed by atoms with E-state index < -0.39 is 17.4 Å². The lowest BCUT2D eigenvalue weighted by Crippen LogP contribution is -2.28. The Morgan fingerprint density at radius 2 is 2.00 bits per heavy atom. The fourth-order valence-electron chi connectivity index (χ4n) is 3.23. The minimum Gasteiger partial charge on any atom is -0.382 e. The molecule has 0 spiro atoms. The summed E-state index contributed by atoms with van der Waals surface area (Å²) in [7, 11) is 0. The average Bonchev–Trinajstić information content (AvgIpc) is 3.27. The Kier molecular flexibility index (Phi) is 4.84. The molecule has 0 saturated carbocycles. The molecule has 4 rings (SSSR count). The quantitative estimate of drug-likeness (QED) is 0.362. The number of nitrogens with zero attached hydrogens (tertiary/aromatic N) is 7. The first-order chi connectivity index (χ1) is 15.3. The maximum absolute atomic E-state index is 14.0. The van der Waals surface area contributed by atoms with E-state index in [1.54, 1.807) is 6.92 Å². The zero-order valence-corrected chi connectivity index (χ0v) is 16.5. The number of nitrogens with one attached hydrogen (secondary N) is 2. The van der Waals surface area contributed by atoms with Gasteiger partial charge in [0.05, 0.1) is 28.7 Å². The molecule has 4 aromatic rings. The minimum absolute atomic E-state index is 0.0283. The second kappa shape index (κ2) is 7.66. The molecule has 0 bridgehead atoms. The number of H-pyrrole nitrogens is 1. The van der Waals surface area contributed by atoms with Crippen molar-refractivity contribution in [3.63, 3.8) is 0 Å². The molecule has 1 atom stereocenters. The van der Waals surface area contributed by atoms with Crippen molar-refractivity contribution in [1.82, 2.24) is 29.7 Å². The van der Waals surface area contributed by atoms with Gasteiger partial charge in [-0.2, -0.15) is 25.6 Å². The summed E-state index contributed by atoms with van der Waals surface area (Å²) in [6.45, 7) is 1.64. The number of aromatic nitrogens is 6. The molecular weight excluding hydrogens is 417 g/mol. The van der Waals surface area contributed by atoms with Crippen molar-refractivity contribution in [2.45, 2.75) is 13.0 Å². The van der Waals surface area contributed by atoms with Gasteiger partial charge in [-0.1, -0.05) is 0 Å². The van der Waals surface area contributed by atoms with Crippen LogP contribution in [-0.2, 0) is 0 Å². The summed E-state index contributed by atoms with van der Waals surface area (Å²) in [5.74, 6) is -0.582. The first kappa shape index (κ1) is 20.2. The van der Waals surface area contributed by atoms with Crippen LogP contribution in [0.4, 0.5) is 22.0 Å². The monoisotopic (exact) mass is 431 g/mol. The van der Waals surface area contributed by atoms with Crippen LogP contribution >= 0.6 is 0 Å². The maximum Gasteiger partial charge on any atom is 0.267 e. The lowest BCUT2D eigenvalue weighted by atomic mass is 10.1. The van der Waals surface area contributed by atoms with Gasteiger partial charge in [0, 0.05) is 6.07 Å². The number of aromatic amines is 1. The number of rotatable bonds is 4. The highest BCUT2D eigenvalue weighted by Gasteiger charge is 2.23. The number of hydrogen-bond donors (Lipinski definition) is 4. The second-order valence-corrected chi connectivity index (χ2v) is 6.68. The smallest absolute Gasteiger partial charge is 0.267 e. The predicted octanol–water partition coefficient (Wildman–Crippen LogP) is 1.12. The third-order valence-corrected chi connectivity index (χ3v) is 4.62. The highest BCUT2D eigenvalue weighted by atomic mass is 19.1. The van der Waals surface area contributed by atoms with E-state index in [1.165, 1.54) is 16.8 Å². The number of nitrogen functional groups attached to an aromatic ring is 2. The van der Waals surface area contributed by atoms with Gasteiger partial charge in [-0.15, -0.1) is 0 Å². The van der Waals surface area contributed by atoms with E-state index in [2.05, 4.69) is 30.5 Å². The molecule has 0 aliphatic carbocycles. The number of benzene rings is 1. The molecule has 1 unspecified atom stereocenters. The van der Waals surface area contributed by atoms with E-state index in [4.69, 9.17) is 11.5 Å². The van der Waals surface area contributed by atoms with E-state index in [0.717, 1.165) is 12.1 Å². The Balaban J connectivity index is 1.97. The summed E-state index contributed by atoms with van der Waals surface area (Å²) in [6, 6.07) is 6.53. The standard InChI is InChI=1S/C19H14FN11O/c1-8(26-16-12(7-22)15(23)28-19(24)29-16)17-27-14-9(6-21)4-10(20)5-11(14)18(32)31(17)13-2-3-25-30-13/h2-5,8H,1H3,(H,25,30)(H5,23,24,26,28,29). The van der Waals surface area contributed by atoms with E-state index in [9.17, 15) is 19.7 Å². The van der Waals surface area contributed by atoms with Crippen LogP contribution in [0.25, 0.3) is 16.7 Å². The SMILES string of the molecule is CC(Nc1nc(N)nc(N)c1C#N)c1nc2c(C#N)cc(F)cc2c(=O)n1-c1ccn[nH]1. The fraction of sp³-hybridized carbons (Fsp3) is 0.105. The highest BCUT2D eigenvalue weighted by Crippen LogP contribution is 2.25. The van der Waals surface area contributed by atoms with Crippen LogP contribution in [0.2, 0.25) is 0 Å². The van der Waals surface area contributed by atoms with Crippen molar-refractivity contribution in [3.8, 4) is 18.0 Å². The van der Waals surface area contributed by atoms with Gasteiger partial charge >= 0.3 is 0 Å². The van der Waals surface area contributed by atoms with Crippen LogP contribution < -0.4 is 22.3 Å². The van der Waals surface area contributed by atoms with Crippen molar-refractivity contribution in [2.75, 3.05) is 16.8 Å². The largest absolute Gasteiger partial charge is 0.382 e. The lowest BCUT2D eigenvalue weighted by Gasteiger charge is -2.20. The summed E-state index contributed by atoms with van der Waals surface area (Å²) in [5, 5.41) is 28.2. The number of nitrogens with two attached hydrogens (primary N) is 2. The number of anilines is 3. The van der Waals surface area contributed by atoms with Crippen LogP contribution in [-0.4, -0.2) is 29.7 Å². The first-order valence-corrected chi connectivity index (χ1v) is 9.09. The summed E-state index contributed by atoms with van der Waals surface area (Å²) in [5.41, 5.74) is 10.7. The van der Waals surface area contributed by atoms with Crippen molar-refractivity contribution >= 4 is 28.5 Å². The van der Waals surface area contributed by atoms with Gasteiger partial charge < -0.3 is 16.8 Å². The zero-order valence-electron chi connectivity index (χ0n) is 16.5. The normalized spacial score (nSPS) is 11.6. The molecule has 1 aromatic carbocycles. The molecule has 13 heteroatoms. The van der Waals surface area contributed by atoms with Crippen LogP contribution in [0, 0.1) is 28.5 Å². The van der Waals surface area contributed by atoms with Gasteiger partial charge in [0.1, 0.15) is 41.0 Å². The van der Waals surface area contributed by atoms with E-state index in [1.807, 2.05) is 12.1 Å². The molecule has 6 N–H and O–H groups in total. The average molecular weight is 431 g/mol. The molecule has 12 nitrogen and oxygen atoms in total. The molecule has 0 radical (unpaired) electrons.